The minimum absolute atomic E-state index is 0.0598. The molecule has 0 aliphatic rings. The van der Waals surface area contributed by atoms with Gasteiger partial charge in [-0.2, -0.15) is 4.31 Å². The lowest BCUT2D eigenvalue weighted by molar-refractivity contribution is -0.118. The van der Waals surface area contributed by atoms with Gasteiger partial charge in [0.05, 0.1) is 10.6 Å². The van der Waals surface area contributed by atoms with Crippen molar-refractivity contribution in [3.05, 3.63) is 24.3 Å². The van der Waals surface area contributed by atoms with Crippen molar-refractivity contribution in [3.8, 4) is 11.4 Å². The highest BCUT2D eigenvalue weighted by molar-refractivity contribution is 7.99. The fourth-order valence-electron chi connectivity index (χ4n) is 3.03. The number of thioether (sulfide) groups is 1. The van der Waals surface area contributed by atoms with E-state index >= 15 is 0 Å². The number of amides is 1. The van der Waals surface area contributed by atoms with E-state index in [-0.39, 0.29) is 16.6 Å². The molecule has 0 aliphatic heterocycles. The van der Waals surface area contributed by atoms with Gasteiger partial charge >= 0.3 is 0 Å². The molecule has 30 heavy (non-hydrogen) atoms. The van der Waals surface area contributed by atoms with Crippen LogP contribution in [0, 0.1) is 5.92 Å². The molecule has 2 rings (SSSR count). The number of rotatable bonds is 11. The maximum Gasteiger partial charge on any atom is 0.243 e. The minimum Gasteiger partial charge on any atom is -0.356 e. The number of hydrogen-bond acceptors (Lipinski definition) is 6. The zero-order valence-electron chi connectivity index (χ0n) is 18.3. The van der Waals surface area contributed by atoms with Crippen molar-refractivity contribution in [1.29, 1.82) is 0 Å². The van der Waals surface area contributed by atoms with Gasteiger partial charge in [0, 0.05) is 31.7 Å². The molecule has 0 unspecified atom stereocenters. The van der Waals surface area contributed by atoms with Gasteiger partial charge in [-0.1, -0.05) is 51.6 Å². The zero-order valence-corrected chi connectivity index (χ0v) is 19.9. The van der Waals surface area contributed by atoms with Gasteiger partial charge in [0.1, 0.15) is 0 Å². The van der Waals surface area contributed by atoms with Crippen LogP contribution in [0.3, 0.4) is 0 Å². The van der Waals surface area contributed by atoms with Crippen molar-refractivity contribution in [3.63, 3.8) is 0 Å². The number of carbonyl (C=O) groups is 1. The Balaban J connectivity index is 2.42. The Hall–Kier alpha value is -1.91. The first-order valence-corrected chi connectivity index (χ1v) is 12.6. The largest absolute Gasteiger partial charge is 0.356 e. The van der Waals surface area contributed by atoms with Crippen molar-refractivity contribution in [2.45, 2.75) is 51.2 Å². The van der Waals surface area contributed by atoms with Crippen LogP contribution in [0.25, 0.3) is 11.4 Å². The number of benzene rings is 1. The molecular weight excluding hydrogens is 422 g/mol. The molecule has 2 aromatic rings. The summed E-state index contributed by atoms with van der Waals surface area (Å²) in [6.07, 6.45) is 0. The highest BCUT2D eigenvalue weighted by atomic mass is 32.2. The van der Waals surface area contributed by atoms with Crippen LogP contribution in [0.2, 0.25) is 0 Å². The van der Waals surface area contributed by atoms with E-state index in [0.29, 0.717) is 48.6 Å². The summed E-state index contributed by atoms with van der Waals surface area (Å²) in [5.74, 6) is 1.11. The van der Waals surface area contributed by atoms with E-state index in [1.165, 1.54) is 16.1 Å². The normalized spacial score (nSPS) is 12.0. The average molecular weight is 454 g/mol. The molecule has 10 heteroatoms. The van der Waals surface area contributed by atoms with Crippen LogP contribution in [0.15, 0.2) is 34.3 Å². The van der Waals surface area contributed by atoms with E-state index < -0.39 is 10.0 Å². The summed E-state index contributed by atoms with van der Waals surface area (Å²) >= 11 is 1.33. The van der Waals surface area contributed by atoms with Gasteiger partial charge in [-0.15, -0.1) is 10.2 Å². The number of sulfonamides is 1. The van der Waals surface area contributed by atoms with E-state index in [1.807, 2.05) is 31.4 Å². The van der Waals surface area contributed by atoms with Gasteiger partial charge < -0.3 is 9.88 Å². The number of carbonyl (C=O) groups excluding carboxylic acids is 1. The van der Waals surface area contributed by atoms with Crippen LogP contribution < -0.4 is 5.32 Å². The summed E-state index contributed by atoms with van der Waals surface area (Å²) in [5.41, 5.74) is 0.682. The molecule has 1 amide bonds. The van der Waals surface area contributed by atoms with Gasteiger partial charge in [0.2, 0.25) is 15.9 Å². The second-order valence-electron chi connectivity index (χ2n) is 7.17. The molecule has 1 aromatic carbocycles. The predicted molar refractivity (Wildman–Crippen MR) is 120 cm³/mol. The molecule has 1 aromatic heterocycles. The number of hydrogen-bond donors (Lipinski definition) is 1. The van der Waals surface area contributed by atoms with Crippen LogP contribution in [0.5, 0.6) is 0 Å². The maximum absolute atomic E-state index is 12.9. The fraction of sp³-hybridized carbons (Fsp3) is 0.550. The average Bonchev–Trinajstić information content (AvgIpc) is 3.09. The van der Waals surface area contributed by atoms with E-state index in [9.17, 15) is 13.2 Å². The molecule has 0 atom stereocenters. The van der Waals surface area contributed by atoms with Gasteiger partial charge in [0.25, 0.3) is 0 Å². The van der Waals surface area contributed by atoms with E-state index in [0.717, 1.165) is 0 Å². The van der Waals surface area contributed by atoms with Crippen LogP contribution in [-0.2, 0) is 21.4 Å². The molecule has 0 aliphatic carbocycles. The van der Waals surface area contributed by atoms with Crippen molar-refractivity contribution >= 4 is 27.7 Å². The Kier molecular flexibility index (Phi) is 8.87. The third-order valence-corrected chi connectivity index (χ3v) is 7.42. The maximum atomic E-state index is 12.9. The SMILES string of the molecule is CCNC(=O)CSc1nnc(-c2cccc(S(=O)(=O)N(CC)CC)c2)n1CC(C)C. The summed E-state index contributed by atoms with van der Waals surface area (Å²) in [4.78, 5) is 12.1. The Bertz CT molecular complexity index is 953. The molecule has 1 N–H and O–H groups in total. The highest BCUT2D eigenvalue weighted by Gasteiger charge is 2.23. The van der Waals surface area contributed by atoms with Crippen LogP contribution in [0.1, 0.15) is 34.6 Å². The molecule has 1 heterocycles. The third kappa shape index (κ3) is 5.83. The summed E-state index contributed by atoms with van der Waals surface area (Å²) in [6.45, 7) is 11.8. The molecule has 0 saturated carbocycles. The first-order chi connectivity index (χ1) is 14.2. The van der Waals surface area contributed by atoms with E-state index in [4.69, 9.17) is 0 Å². The molecule has 8 nitrogen and oxygen atoms in total. The minimum atomic E-state index is -3.57. The molecule has 0 radical (unpaired) electrons. The van der Waals surface area contributed by atoms with Crippen molar-refractivity contribution in [1.82, 2.24) is 24.4 Å². The highest BCUT2D eigenvalue weighted by Crippen LogP contribution is 2.27. The Morgan fingerprint density at radius 2 is 1.90 bits per heavy atom. The van der Waals surface area contributed by atoms with Crippen molar-refractivity contribution in [2.24, 2.45) is 5.92 Å². The lowest BCUT2D eigenvalue weighted by Crippen LogP contribution is -2.30. The summed E-state index contributed by atoms with van der Waals surface area (Å²) < 4.78 is 29.2. The standard InChI is InChI=1S/C20H31N5O3S2/c1-6-21-18(26)14-29-20-23-22-19(25(20)13-15(4)5)16-10-9-11-17(12-16)30(27,28)24(7-2)8-3/h9-12,15H,6-8,13-14H2,1-5H3,(H,21,26). The molecule has 0 saturated heterocycles. The van der Waals surface area contributed by atoms with Gasteiger partial charge in [-0.3, -0.25) is 4.79 Å². The van der Waals surface area contributed by atoms with Crippen LogP contribution in [-0.4, -0.2) is 58.8 Å². The summed E-state index contributed by atoms with van der Waals surface area (Å²) in [6, 6.07) is 6.81. The third-order valence-electron chi connectivity index (χ3n) is 4.41. The Morgan fingerprint density at radius 3 is 2.50 bits per heavy atom. The lowest BCUT2D eigenvalue weighted by atomic mass is 10.2. The Morgan fingerprint density at radius 1 is 1.20 bits per heavy atom. The second kappa shape index (κ2) is 10.9. The molecule has 0 spiro atoms. The predicted octanol–water partition coefficient (Wildman–Crippen LogP) is 2.86. The monoisotopic (exact) mass is 453 g/mol. The number of nitrogens with one attached hydrogen (secondary N) is 1. The first-order valence-electron chi connectivity index (χ1n) is 10.2. The van der Waals surface area contributed by atoms with E-state index in [2.05, 4.69) is 29.4 Å². The Labute approximate surface area is 183 Å². The number of aromatic nitrogens is 3. The van der Waals surface area contributed by atoms with Crippen molar-refractivity contribution in [2.75, 3.05) is 25.4 Å². The molecular formula is C20H31N5O3S2. The van der Waals surface area contributed by atoms with Crippen molar-refractivity contribution < 1.29 is 13.2 Å². The summed E-state index contributed by atoms with van der Waals surface area (Å²) in [7, 11) is -3.57. The zero-order chi connectivity index (χ0) is 22.3. The van der Waals surface area contributed by atoms with Crippen LogP contribution in [0.4, 0.5) is 0 Å². The van der Waals surface area contributed by atoms with E-state index in [1.54, 1.807) is 18.2 Å². The molecule has 0 fully saturated rings. The lowest BCUT2D eigenvalue weighted by Gasteiger charge is -2.19. The smallest absolute Gasteiger partial charge is 0.243 e. The number of nitrogens with zero attached hydrogens (tertiary/aromatic N) is 4. The molecule has 0 bridgehead atoms. The van der Waals surface area contributed by atoms with Gasteiger partial charge in [-0.05, 0) is 25.0 Å². The first kappa shape index (κ1) is 24.4. The van der Waals surface area contributed by atoms with Crippen LogP contribution >= 0.6 is 11.8 Å². The quantitative estimate of drug-likeness (QED) is 0.526. The topological polar surface area (TPSA) is 97.2 Å². The summed E-state index contributed by atoms with van der Waals surface area (Å²) in [5, 5.41) is 12.0. The fourth-order valence-corrected chi connectivity index (χ4v) is 5.31. The van der Waals surface area contributed by atoms with Gasteiger partial charge in [0.15, 0.2) is 11.0 Å². The second-order valence-corrected chi connectivity index (χ2v) is 10.1. The molecule has 166 valence electrons. The van der Waals surface area contributed by atoms with Gasteiger partial charge in [-0.25, -0.2) is 8.42 Å².